The average molecular weight is 242 g/mol. The molecular formula is C12H22N2OS. The summed E-state index contributed by atoms with van der Waals surface area (Å²) in [5.41, 5.74) is 0.996. The highest BCUT2D eigenvalue weighted by molar-refractivity contribution is 7.05. The molecule has 16 heavy (non-hydrogen) atoms. The van der Waals surface area contributed by atoms with Gasteiger partial charge < -0.3 is 5.11 Å². The molecular weight excluding hydrogens is 220 g/mol. The number of unbranched alkanes of at least 4 members (excludes halogenated alkanes) is 3. The van der Waals surface area contributed by atoms with Gasteiger partial charge in [0.2, 0.25) is 0 Å². The summed E-state index contributed by atoms with van der Waals surface area (Å²) in [4.78, 5) is 0.985. The first-order valence-electron chi connectivity index (χ1n) is 6.28. The maximum Gasteiger partial charge on any atom is 0.0917 e. The molecule has 1 aromatic rings. The third kappa shape index (κ3) is 4.18. The molecule has 3 nitrogen and oxygen atoms in total. The summed E-state index contributed by atoms with van der Waals surface area (Å²) in [6.45, 7) is 4.32. The molecule has 0 aliphatic carbocycles. The van der Waals surface area contributed by atoms with Crippen molar-refractivity contribution in [1.29, 1.82) is 0 Å². The molecule has 0 amide bonds. The Hall–Kier alpha value is -0.480. The van der Waals surface area contributed by atoms with Gasteiger partial charge in [0, 0.05) is 0 Å². The fourth-order valence-corrected chi connectivity index (χ4v) is 2.49. The van der Waals surface area contributed by atoms with Crippen LogP contribution in [0.25, 0.3) is 0 Å². The van der Waals surface area contributed by atoms with E-state index in [2.05, 4.69) is 23.4 Å². The standard InChI is InChI=1S/C12H22N2OS/c1-3-5-6-7-9-11(15)12-10(8-4-2)13-14-16-12/h11,15H,3-9H2,1-2H3. The lowest BCUT2D eigenvalue weighted by Crippen LogP contribution is -1.99. The molecule has 0 aromatic carbocycles. The zero-order valence-corrected chi connectivity index (χ0v) is 11.1. The fourth-order valence-electron chi connectivity index (χ4n) is 1.77. The Labute approximate surface area is 102 Å². The number of hydrogen-bond donors (Lipinski definition) is 1. The van der Waals surface area contributed by atoms with Gasteiger partial charge in [0.25, 0.3) is 0 Å². The summed E-state index contributed by atoms with van der Waals surface area (Å²) in [6, 6.07) is 0. The van der Waals surface area contributed by atoms with E-state index in [1.807, 2.05) is 0 Å². The molecule has 0 saturated carbocycles. The highest BCUT2D eigenvalue weighted by Crippen LogP contribution is 2.25. The second-order valence-corrected chi connectivity index (χ2v) is 4.98. The summed E-state index contributed by atoms with van der Waals surface area (Å²) in [7, 11) is 0. The van der Waals surface area contributed by atoms with Gasteiger partial charge in [0.1, 0.15) is 0 Å². The number of aliphatic hydroxyl groups is 1. The maximum atomic E-state index is 10.0. The normalized spacial score (nSPS) is 12.9. The van der Waals surface area contributed by atoms with Crippen molar-refractivity contribution in [2.45, 2.75) is 64.9 Å². The minimum Gasteiger partial charge on any atom is -0.387 e. The first-order chi connectivity index (χ1) is 7.79. The average Bonchev–Trinajstić information content (AvgIpc) is 2.73. The SMILES string of the molecule is CCCCCCC(O)c1snnc1CCC. The van der Waals surface area contributed by atoms with E-state index in [0.717, 1.165) is 36.3 Å². The lowest BCUT2D eigenvalue weighted by Gasteiger charge is -2.08. The second kappa shape index (κ2) is 7.74. The van der Waals surface area contributed by atoms with E-state index in [1.54, 1.807) is 0 Å². The molecule has 92 valence electrons. The molecule has 1 heterocycles. The molecule has 1 aromatic heterocycles. The van der Waals surface area contributed by atoms with Gasteiger partial charge in [-0.1, -0.05) is 50.4 Å². The third-order valence-electron chi connectivity index (χ3n) is 2.71. The van der Waals surface area contributed by atoms with Gasteiger partial charge in [-0.3, -0.25) is 0 Å². The van der Waals surface area contributed by atoms with Crippen LogP contribution in [0.3, 0.4) is 0 Å². The zero-order chi connectivity index (χ0) is 11.8. The number of hydrogen-bond acceptors (Lipinski definition) is 4. The van der Waals surface area contributed by atoms with Crippen molar-refractivity contribution in [3.8, 4) is 0 Å². The van der Waals surface area contributed by atoms with E-state index >= 15 is 0 Å². The van der Waals surface area contributed by atoms with Gasteiger partial charge in [-0.15, -0.1) is 5.10 Å². The van der Waals surface area contributed by atoms with E-state index in [4.69, 9.17) is 0 Å². The number of aliphatic hydroxyl groups excluding tert-OH is 1. The Morgan fingerprint density at radius 1 is 1.19 bits per heavy atom. The van der Waals surface area contributed by atoms with E-state index in [-0.39, 0.29) is 6.10 Å². The summed E-state index contributed by atoms with van der Waals surface area (Å²) < 4.78 is 3.94. The second-order valence-electron chi connectivity index (χ2n) is 4.20. The molecule has 1 rings (SSSR count). The Morgan fingerprint density at radius 3 is 2.69 bits per heavy atom. The molecule has 1 atom stereocenters. The highest BCUT2D eigenvalue weighted by Gasteiger charge is 2.15. The largest absolute Gasteiger partial charge is 0.387 e. The summed E-state index contributed by atoms with van der Waals surface area (Å²) in [6.07, 6.45) is 7.29. The first kappa shape index (κ1) is 13.6. The lowest BCUT2D eigenvalue weighted by atomic mass is 10.1. The van der Waals surface area contributed by atoms with Crippen molar-refractivity contribution in [2.75, 3.05) is 0 Å². The molecule has 0 spiro atoms. The Balaban J connectivity index is 2.39. The van der Waals surface area contributed by atoms with Crippen molar-refractivity contribution in [3.63, 3.8) is 0 Å². The quantitative estimate of drug-likeness (QED) is 0.710. The monoisotopic (exact) mass is 242 g/mol. The van der Waals surface area contributed by atoms with Crippen molar-refractivity contribution >= 4 is 11.5 Å². The van der Waals surface area contributed by atoms with Crippen LogP contribution < -0.4 is 0 Å². The van der Waals surface area contributed by atoms with Crippen LogP contribution in [0.5, 0.6) is 0 Å². The molecule has 0 saturated heterocycles. The summed E-state index contributed by atoms with van der Waals surface area (Å²) in [5.74, 6) is 0. The van der Waals surface area contributed by atoms with E-state index in [1.165, 1.54) is 30.8 Å². The van der Waals surface area contributed by atoms with Crippen molar-refractivity contribution in [2.24, 2.45) is 0 Å². The smallest absolute Gasteiger partial charge is 0.0917 e. The molecule has 0 bridgehead atoms. The van der Waals surface area contributed by atoms with Gasteiger partial charge in [0.15, 0.2) is 0 Å². The van der Waals surface area contributed by atoms with Crippen LogP contribution >= 0.6 is 11.5 Å². The van der Waals surface area contributed by atoms with Crippen LogP contribution in [-0.4, -0.2) is 14.7 Å². The van der Waals surface area contributed by atoms with Gasteiger partial charge in [-0.05, 0) is 24.4 Å². The van der Waals surface area contributed by atoms with Crippen LogP contribution in [0.1, 0.15) is 69.0 Å². The minimum absolute atomic E-state index is 0.349. The third-order valence-corrected chi connectivity index (χ3v) is 3.57. The van der Waals surface area contributed by atoms with Crippen LogP contribution in [0, 0.1) is 0 Å². The van der Waals surface area contributed by atoms with Crippen LogP contribution in [0.2, 0.25) is 0 Å². The minimum atomic E-state index is -0.349. The molecule has 1 unspecified atom stereocenters. The molecule has 0 aliphatic heterocycles. The van der Waals surface area contributed by atoms with E-state index in [9.17, 15) is 5.11 Å². The van der Waals surface area contributed by atoms with Crippen molar-refractivity contribution < 1.29 is 5.11 Å². The Bertz CT molecular complexity index is 288. The van der Waals surface area contributed by atoms with Crippen LogP contribution in [-0.2, 0) is 6.42 Å². The summed E-state index contributed by atoms with van der Waals surface area (Å²) >= 11 is 1.35. The van der Waals surface area contributed by atoms with Crippen molar-refractivity contribution in [3.05, 3.63) is 10.6 Å². The van der Waals surface area contributed by atoms with Crippen molar-refractivity contribution in [1.82, 2.24) is 9.59 Å². The molecule has 1 N–H and O–H groups in total. The Morgan fingerprint density at radius 2 is 2.00 bits per heavy atom. The van der Waals surface area contributed by atoms with Gasteiger partial charge >= 0.3 is 0 Å². The van der Waals surface area contributed by atoms with Gasteiger partial charge in [0.05, 0.1) is 16.7 Å². The molecule has 0 aliphatic rings. The van der Waals surface area contributed by atoms with Crippen LogP contribution in [0.15, 0.2) is 0 Å². The van der Waals surface area contributed by atoms with E-state index in [0.29, 0.717) is 0 Å². The Kier molecular flexibility index (Phi) is 6.57. The fraction of sp³-hybridized carbons (Fsp3) is 0.833. The molecule has 0 fully saturated rings. The number of aryl methyl sites for hydroxylation is 1. The van der Waals surface area contributed by atoms with Gasteiger partial charge in [-0.25, -0.2) is 0 Å². The maximum absolute atomic E-state index is 10.0. The number of rotatable bonds is 8. The first-order valence-corrected chi connectivity index (χ1v) is 7.06. The highest BCUT2D eigenvalue weighted by atomic mass is 32.1. The topological polar surface area (TPSA) is 46.0 Å². The predicted molar refractivity (Wildman–Crippen MR) is 67.6 cm³/mol. The summed E-state index contributed by atoms with van der Waals surface area (Å²) in [5, 5.41) is 14.1. The number of aromatic nitrogens is 2. The lowest BCUT2D eigenvalue weighted by molar-refractivity contribution is 0.166. The van der Waals surface area contributed by atoms with Crippen LogP contribution in [0.4, 0.5) is 0 Å². The predicted octanol–water partition coefficient (Wildman–Crippen LogP) is 3.49. The van der Waals surface area contributed by atoms with E-state index < -0.39 is 0 Å². The number of nitrogens with zero attached hydrogens (tertiary/aromatic N) is 2. The zero-order valence-electron chi connectivity index (χ0n) is 10.3. The molecule has 4 heteroatoms. The van der Waals surface area contributed by atoms with Gasteiger partial charge in [-0.2, -0.15) is 0 Å². The molecule has 0 radical (unpaired) electrons.